The van der Waals surface area contributed by atoms with Gasteiger partial charge in [0, 0.05) is 33.0 Å². The van der Waals surface area contributed by atoms with Gasteiger partial charge in [-0.1, -0.05) is 105 Å². The monoisotopic (exact) mass is 597 g/mol. The number of aromatic nitrogens is 3. The van der Waals surface area contributed by atoms with Gasteiger partial charge in [0.1, 0.15) is 5.82 Å². The minimum atomic E-state index is -0.0877. The van der Waals surface area contributed by atoms with Crippen molar-refractivity contribution in [3.8, 4) is 28.3 Å². The third kappa shape index (κ3) is 5.45. The first-order valence-electron chi connectivity index (χ1n) is 15.5. The first-order valence-corrected chi connectivity index (χ1v) is 15.9. The number of fused-ring (bicyclic) bond motifs is 3. The summed E-state index contributed by atoms with van der Waals surface area (Å²) in [5.74, 6) is 0.906. The van der Waals surface area contributed by atoms with E-state index in [0.717, 1.165) is 44.3 Å². The van der Waals surface area contributed by atoms with E-state index in [1.54, 1.807) is 0 Å². The van der Waals surface area contributed by atoms with Crippen molar-refractivity contribution in [2.75, 3.05) is 0 Å². The number of hydrogen-bond donors (Lipinski definition) is 1. The first-order chi connectivity index (χ1) is 20.6. The Hall–Kier alpha value is -3.89. The van der Waals surface area contributed by atoms with E-state index in [-0.39, 0.29) is 16.2 Å². The van der Waals surface area contributed by atoms with Crippen LogP contribution in [0, 0.1) is 0 Å². The standard InChI is InChI=1S/C40H43N3S/c1-38(2,3)26-21-30(37(44)31(22-26)40(7,8)9)33-23-27(39(4,5)6)24-36(42-33)43-34-16-11-10-14-28(34)29-18-17-25(20-35(29)43)32-15-12-13-19-41-32/h10-24,44H,1-9H3. The van der Waals surface area contributed by atoms with Crippen LogP contribution in [0.4, 0.5) is 0 Å². The van der Waals surface area contributed by atoms with Gasteiger partial charge in [-0.15, -0.1) is 12.6 Å². The fourth-order valence-electron chi connectivity index (χ4n) is 5.95. The van der Waals surface area contributed by atoms with Gasteiger partial charge in [-0.05, 0) is 75.4 Å². The highest BCUT2D eigenvalue weighted by atomic mass is 32.1. The molecule has 6 rings (SSSR count). The zero-order chi connectivity index (χ0) is 31.6. The molecule has 3 aromatic heterocycles. The Bertz CT molecular complexity index is 2010. The second-order valence-corrected chi connectivity index (χ2v) is 15.5. The molecule has 0 bridgehead atoms. The smallest absolute Gasteiger partial charge is 0.138 e. The fourth-order valence-corrected chi connectivity index (χ4v) is 6.53. The Morgan fingerprint density at radius 1 is 0.591 bits per heavy atom. The van der Waals surface area contributed by atoms with Gasteiger partial charge < -0.3 is 0 Å². The Balaban J connectivity index is 1.70. The van der Waals surface area contributed by atoms with E-state index in [1.165, 1.54) is 27.5 Å². The lowest BCUT2D eigenvalue weighted by molar-refractivity contribution is 0.560. The lowest BCUT2D eigenvalue weighted by atomic mass is 9.78. The summed E-state index contributed by atoms with van der Waals surface area (Å²) in [6.45, 7) is 20.4. The predicted molar refractivity (Wildman–Crippen MR) is 191 cm³/mol. The Morgan fingerprint density at radius 3 is 1.91 bits per heavy atom. The average Bonchev–Trinajstić information content (AvgIpc) is 3.29. The molecule has 6 aromatic rings. The van der Waals surface area contributed by atoms with E-state index in [9.17, 15) is 0 Å². The molecule has 44 heavy (non-hydrogen) atoms. The largest absolute Gasteiger partial charge is 0.294 e. The van der Waals surface area contributed by atoms with Crippen molar-refractivity contribution in [1.82, 2.24) is 14.5 Å². The molecular weight excluding hydrogens is 555 g/mol. The summed E-state index contributed by atoms with van der Waals surface area (Å²) in [5, 5.41) is 2.41. The molecule has 224 valence electrons. The van der Waals surface area contributed by atoms with Crippen LogP contribution in [-0.2, 0) is 16.2 Å². The summed E-state index contributed by atoms with van der Waals surface area (Å²) in [6, 6.07) is 30.5. The van der Waals surface area contributed by atoms with Gasteiger partial charge in [-0.3, -0.25) is 9.55 Å². The predicted octanol–water partition coefficient (Wildman–Crippen LogP) is 11.1. The first kappa shape index (κ1) is 30.1. The van der Waals surface area contributed by atoms with Gasteiger partial charge >= 0.3 is 0 Å². The normalized spacial score (nSPS) is 12.8. The van der Waals surface area contributed by atoms with Crippen molar-refractivity contribution in [2.45, 2.75) is 83.5 Å². The number of hydrogen-bond acceptors (Lipinski definition) is 3. The van der Waals surface area contributed by atoms with Crippen LogP contribution in [0.25, 0.3) is 50.1 Å². The number of pyridine rings is 2. The van der Waals surface area contributed by atoms with Gasteiger partial charge in [0.25, 0.3) is 0 Å². The molecule has 0 aliphatic heterocycles. The Labute approximate surface area is 267 Å². The molecule has 0 aliphatic carbocycles. The molecule has 4 heteroatoms. The number of para-hydroxylation sites is 1. The average molecular weight is 598 g/mol. The molecule has 0 saturated heterocycles. The summed E-state index contributed by atoms with van der Waals surface area (Å²) in [7, 11) is 0. The maximum Gasteiger partial charge on any atom is 0.138 e. The quantitative estimate of drug-likeness (QED) is 0.206. The van der Waals surface area contributed by atoms with E-state index >= 15 is 0 Å². The lowest BCUT2D eigenvalue weighted by Crippen LogP contribution is -2.18. The van der Waals surface area contributed by atoms with Crippen LogP contribution in [0.5, 0.6) is 0 Å². The molecule has 0 aliphatic rings. The summed E-state index contributed by atoms with van der Waals surface area (Å²) in [4.78, 5) is 11.1. The summed E-state index contributed by atoms with van der Waals surface area (Å²) < 4.78 is 2.33. The van der Waals surface area contributed by atoms with Gasteiger partial charge in [0.15, 0.2) is 0 Å². The summed E-state index contributed by atoms with van der Waals surface area (Å²) in [5.41, 5.74) is 9.90. The molecule has 3 heterocycles. The minimum Gasteiger partial charge on any atom is -0.294 e. The molecule has 0 spiro atoms. The molecule has 0 N–H and O–H groups in total. The van der Waals surface area contributed by atoms with Gasteiger partial charge in [0.2, 0.25) is 0 Å². The molecule has 0 fully saturated rings. The van der Waals surface area contributed by atoms with E-state index in [4.69, 9.17) is 17.6 Å². The van der Waals surface area contributed by atoms with Crippen molar-refractivity contribution in [2.24, 2.45) is 0 Å². The molecule has 0 atom stereocenters. The third-order valence-electron chi connectivity index (χ3n) is 8.60. The highest BCUT2D eigenvalue weighted by Gasteiger charge is 2.26. The number of nitrogens with zero attached hydrogens (tertiary/aromatic N) is 3. The van der Waals surface area contributed by atoms with Crippen molar-refractivity contribution in [1.29, 1.82) is 0 Å². The SMILES string of the molecule is CC(C)(C)c1cc(-c2cc(C(C)(C)C)cc(C(C)(C)C)c2S)nc(-n2c3ccccc3c3ccc(-c4ccccn4)cc32)c1. The van der Waals surface area contributed by atoms with Gasteiger partial charge in [-0.2, -0.15) is 0 Å². The van der Waals surface area contributed by atoms with Crippen LogP contribution < -0.4 is 0 Å². The van der Waals surface area contributed by atoms with Crippen LogP contribution in [0.2, 0.25) is 0 Å². The highest BCUT2D eigenvalue weighted by molar-refractivity contribution is 7.80. The van der Waals surface area contributed by atoms with Crippen LogP contribution in [0.15, 0.2) is 96.0 Å². The van der Waals surface area contributed by atoms with Crippen LogP contribution in [0.3, 0.4) is 0 Å². The second kappa shape index (κ2) is 10.6. The van der Waals surface area contributed by atoms with Gasteiger partial charge in [-0.25, -0.2) is 4.98 Å². The fraction of sp³-hybridized carbons (Fsp3) is 0.300. The lowest BCUT2D eigenvalue weighted by Gasteiger charge is -2.29. The van der Waals surface area contributed by atoms with Crippen LogP contribution >= 0.6 is 12.6 Å². The molecule has 0 unspecified atom stereocenters. The van der Waals surface area contributed by atoms with Crippen molar-refractivity contribution < 1.29 is 0 Å². The summed E-state index contributed by atoms with van der Waals surface area (Å²) in [6.07, 6.45) is 1.85. The summed E-state index contributed by atoms with van der Waals surface area (Å²) >= 11 is 5.19. The molecule has 3 nitrogen and oxygen atoms in total. The Kier molecular flexibility index (Phi) is 7.28. The van der Waals surface area contributed by atoms with Crippen molar-refractivity contribution >= 4 is 34.4 Å². The number of rotatable bonds is 3. The van der Waals surface area contributed by atoms with Crippen LogP contribution in [-0.4, -0.2) is 14.5 Å². The maximum atomic E-state index is 5.47. The topological polar surface area (TPSA) is 30.7 Å². The Morgan fingerprint density at radius 2 is 1.25 bits per heavy atom. The molecule has 3 aromatic carbocycles. The van der Waals surface area contributed by atoms with Crippen LogP contribution in [0.1, 0.15) is 79.0 Å². The molecule has 0 radical (unpaired) electrons. The number of thiol groups is 1. The zero-order valence-corrected chi connectivity index (χ0v) is 28.3. The third-order valence-corrected chi connectivity index (χ3v) is 9.08. The maximum absolute atomic E-state index is 5.47. The molecular formula is C40H43N3S. The van der Waals surface area contributed by atoms with E-state index < -0.39 is 0 Å². The molecule has 0 amide bonds. The molecule has 0 saturated carbocycles. The minimum absolute atomic E-state index is 0.0184. The van der Waals surface area contributed by atoms with E-state index in [1.807, 2.05) is 18.3 Å². The van der Waals surface area contributed by atoms with Gasteiger partial charge in [0.05, 0.1) is 22.4 Å². The van der Waals surface area contributed by atoms with E-state index in [2.05, 4.69) is 145 Å². The van der Waals surface area contributed by atoms with Crippen molar-refractivity contribution in [3.63, 3.8) is 0 Å². The zero-order valence-electron chi connectivity index (χ0n) is 27.4. The number of benzene rings is 3. The second-order valence-electron chi connectivity index (χ2n) is 15.1. The van der Waals surface area contributed by atoms with E-state index in [0.29, 0.717) is 0 Å². The highest BCUT2D eigenvalue weighted by Crippen LogP contribution is 2.41. The van der Waals surface area contributed by atoms with Crippen molar-refractivity contribution in [3.05, 3.63) is 108 Å².